The highest BCUT2D eigenvalue weighted by molar-refractivity contribution is 5.49. The van der Waals surface area contributed by atoms with E-state index in [1.54, 1.807) is 0 Å². The van der Waals surface area contributed by atoms with Crippen molar-refractivity contribution in [1.29, 1.82) is 0 Å². The van der Waals surface area contributed by atoms with Crippen LogP contribution < -0.4 is 0 Å². The molecule has 0 saturated heterocycles. The van der Waals surface area contributed by atoms with Crippen LogP contribution in [-0.4, -0.2) is 0 Å². The first-order chi connectivity index (χ1) is 4.83. The summed E-state index contributed by atoms with van der Waals surface area (Å²) in [7, 11) is 0. The highest BCUT2D eigenvalue weighted by Crippen LogP contribution is 2.04. The van der Waals surface area contributed by atoms with Gasteiger partial charge in [0.1, 0.15) is 0 Å². The molecule has 0 aliphatic carbocycles. The zero-order valence-corrected chi connectivity index (χ0v) is 6.46. The minimum atomic E-state index is 1.28. The lowest BCUT2D eigenvalue weighted by molar-refractivity contribution is 1.46. The zero-order valence-electron chi connectivity index (χ0n) is 6.46. The van der Waals surface area contributed by atoms with Crippen LogP contribution in [0.4, 0.5) is 0 Å². The summed E-state index contributed by atoms with van der Waals surface area (Å²) in [5.74, 6) is 0. The van der Waals surface area contributed by atoms with Crippen LogP contribution in [0.25, 0.3) is 6.08 Å². The van der Waals surface area contributed by atoms with Gasteiger partial charge in [-0.15, -0.1) is 0 Å². The monoisotopic (exact) mass is 132 g/mol. The van der Waals surface area contributed by atoms with Gasteiger partial charge >= 0.3 is 0 Å². The third-order valence-corrected chi connectivity index (χ3v) is 1.40. The second-order valence-electron chi connectivity index (χ2n) is 2.41. The molecule has 52 valence electrons. The van der Waals surface area contributed by atoms with E-state index < -0.39 is 0 Å². The molecular weight excluding hydrogens is 120 g/mol. The van der Waals surface area contributed by atoms with Gasteiger partial charge in [0.2, 0.25) is 0 Å². The van der Waals surface area contributed by atoms with E-state index in [2.05, 4.69) is 43.3 Å². The van der Waals surface area contributed by atoms with Crippen molar-refractivity contribution in [1.82, 2.24) is 0 Å². The smallest absolute Gasteiger partial charge is 0.0257 e. The van der Waals surface area contributed by atoms with Gasteiger partial charge in [0, 0.05) is 0 Å². The van der Waals surface area contributed by atoms with Gasteiger partial charge in [0.25, 0.3) is 0 Å². The summed E-state index contributed by atoms with van der Waals surface area (Å²) in [6.07, 6.45) is 4.15. The van der Waals surface area contributed by atoms with Gasteiger partial charge in [0.15, 0.2) is 0 Å². The molecule has 0 bridgehead atoms. The molecule has 0 unspecified atom stereocenters. The van der Waals surface area contributed by atoms with E-state index >= 15 is 0 Å². The largest absolute Gasteiger partial charge is 0.0871 e. The van der Waals surface area contributed by atoms with Crippen molar-refractivity contribution < 1.29 is 0 Å². The molecule has 10 heavy (non-hydrogen) atoms. The van der Waals surface area contributed by atoms with Crippen molar-refractivity contribution in [2.45, 2.75) is 13.8 Å². The first kappa shape index (κ1) is 7.07. The molecule has 0 atom stereocenters. The van der Waals surface area contributed by atoms with Crippen LogP contribution in [0.1, 0.15) is 18.1 Å². The second kappa shape index (κ2) is 3.21. The fourth-order valence-electron chi connectivity index (χ4n) is 0.966. The molecule has 0 heteroatoms. The summed E-state index contributed by atoms with van der Waals surface area (Å²) in [5, 5.41) is 0. The van der Waals surface area contributed by atoms with Gasteiger partial charge < -0.3 is 0 Å². The molecular formula is C10H12. The van der Waals surface area contributed by atoms with Gasteiger partial charge in [0.05, 0.1) is 0 Å². The van der Waals surface area contributed by atoms with Crippen molar-refractivity contribution in [3.05, 3.63) is 41.5 Å². The number of hydrogen-bond acceptors (Lipinski definition) is 0. The Balaban J connectivity index is 2.95. The third-order valence-electron chi connectivity index (χ3n) is 1.40. The molecule has 0 aliphatic rings. The summed E-state index contributed by atoms with van der Waals surface area (Å²) in [4.78, 5) is 0. The fraction of sp³-hybridized carbons (Fsp3) is 0.200. The van der Waals surface area contributed by atoms with E-state index in [0.717, 1.165) is 0 Å². The van der Waals surface area contributed by atoms with E-state index in [0.29, 0.717) is 0 Å². The van der Waals surface area contributed by atoms with Crippen LogP contribution in [0.3, 0.4) is 0 Å². The Labute approximate surface area is 62.2 Å². The predicted molar refractivity (Wildman–Crippen MR) is 45.9 cm³/mol. The van der Waals surface area contributed by atoms with Crippen LogP contribution in [0.2, 0.25) is 0 Å². The van der Waals surface area contributed by atoms with Crippen LogP contribution in [0.5, 0.6) is 0 Å². The number of benzene rings is 1. The first-order valence-corrected chi connectivity index (χ1v) is 3.52. The number of hydrogen-bond donors (Lipinski definition) is 0. The van der Waals surface area contributed by atoms with Crippen molar-refractivity contribution in [3.8, 4) is 0 Å². The SMILES string of the molecule is C/C=C/c1cccc(C)c1. The maximum Gasteiger partial charge on any atom is -0.0257 e. The Bertz CT molecular complexity index is 234. The highest BCUT2D eigenvalue weighted by Gasteiger charge is 1.84. The summed E-state index contributed by atoms with van der Waals surface area (Å²) in [6.45, 7) is 4.13. The average Bonchev–Trinajstić information content (AvgIpc) is 1.88. The van der Waals surface area contributed by atoms with Gasteiger partial charge in [-0.1, -0.05) is 42.0 Å². The van der Waals surface area contributed by atoms with E-state index in [1.807, 2.05) is 6.92 Å². The molecule has 1 aromatic carbocycles. The molecule has 0 aromatic heterocycles. The molecule has 1 rings (SSSR count). The number of allylic oxidation sites excluding steroid dienone is 1. The van der Waals surface area contributed by atoms with E-state index in [-0.39, 0.29) is 0 Å². The standard InChI is InChI=1S/C10H12/c1-3-5-10-7-4-6-9(2)8-10/h3-8H,1-2H3/b5-3+. The normalized spacial score (nSPS) is 10.6. The maximum atomic E-state index is 2.17. The lowest BCUT2D eigenvalue weighted by Crippen LogP contribution is -1.72. The second-order valence-corrected chi connectivity index (χ2v) is 2.41. The summed E-state index contributed by atoms with van der Waals surface area (Å²) in [5.41, 5.74) is 2.60. The highest BCUT2D eigenvalue weighted by atomic mass is 13.9. The topological polar surface area (TPSA) is 0 Å². The summed E-state index contributed by atoms with van der Waals surface area (Å²) < 4.78 is 0. The van der Waals surface area contributed by atoms with Crippen LogP contribution in [0.15, 0.2) is 30.3 Å². The summed E-state index contributed by atoms with van der Waals surface area (Å²) >= 11 is 0. The van der Waals surface area contributed by atoms with E-state index in [9.17, 15) is 0 Å². The quantitative estimate of drug-likeness (QED) is 0.551. The average molecular weight is 132 g/mol. The van der Waals surface area contributed by atoms with E-state index in [1.165, 1.54) is 11.1 Å². The Morgan fingerprint density at radius 2 is 2.10 bits per heavy atom. The molecule has 0 heterocycles. The zero-order chi connectivity index (χ0) is 7.40. The van der Waals surface area contributed by atoms with Crippen LogP contribution in [-0.2, 0) is 0 Å². The molecule has 0 fully saturated rings. The molecule has 0 aliphatic heterocycles. The molecule has 0 N–H and O–H groups in total. The molecule has 0 amide bonds. The van der Waals surface area contributed by atoms with Crippen molar-refractivity contribution in [2.75, 3.05) is 0 Å². The Morgan fingerprint density at radius 3 is 2.70 bits per heavy atom. The van der Waals surface area contributed by atoms with Gasteiger partial charge in [-0.25, -0.2) is 0 Å². The van der Waals surface area contributed by atoms with E-state index in [4.69, 9.17) is 0 Å². The minimum Gasteiger partial charge on any atom is -0.0871 e. The Kier molecular flexibility index (Phi) is 2.27. The summed E-state index contributed by atoms with van der Waals surface area (Å²) in [6, 6.07) is 8.45. The number of aryl methyl sites for hydroxylation is 1. The van der Waals surface area contributed by atoms with Crippen molar-refractivity contribution >= 4 is 6.08 Å². The minimum absolute atomic E-state index is 1.28. The fourth-order valence-corrected chi connectivity index (χ4v) is 0.966. The van der Waals surface area contributed by atoms with Gasteiger partial charge in [-0.2, -0.15) is 0 Å². The first-order valence-electron chi connectivity index (χ1n) is 3.52. The lowest BCUT2D eigenvalue weighted by Gasteiger charge is -1.93. The van der Waals surface area contributed by atoms with Gasteiger partial charge in [-0.05, 0) is 19.4 Å². The molecule has 1 aromatic rings. The van der Waals surface area contributed by atoms with Crippen molar-refractivity contribution in [2.24, 2.45) is 0 Å². The Hall–Kier alpha value is -1.04. The van der Waals surface area contributed by atoms with Crippen LogP contribution in [0, 0.1) is 6.92 Å². The van der Waals surface area contributed by atoms with Crippen LogP contribution >= 0.6 is 0 Å². The van der Waals surface area contributed by atoms with Gasteiger partial charge in [-0.3, -0.25) is 0 Å². The van der Waals surface area contributed by atoms with Crippen molar-refractivity contribution in [3.63, 3.8) is 0 Å². The maximum absolute atomic E-state index is 2.17. The molecule has 0 nitrogen and oxygen atoms in total. The molecule has 0 spiro atoms. The predicted octanol–water partition coefficient (Wildman–Crippen LogP) is 3.03. The molecule has 0 saturated carbocycles. The Morgan fingerprint density at radius 1 is 1.30 bits per heavy atom. The third kappa shape index (κ3) is 1.73. The molecule has 0 radical (unpaired) electrons. The number of rotatable bonds is 1. The lowest BCUT2D eigenvalue weighted by atomic mass is 10.1.